The van der Waals surface area contributed by atoms with Gasteiger partial charge in [-0.15, -0.1) is 0 Å². The number of hydrogen-bond donors (Lipinski definition) is 0. The van der Waals surface area contributed by atoms with Crippen LogP contribution in [0.25, 0.3) is 0 Å². The highest BCUT2D eigenvalue weighted by atomic mass is 16.1. The zero-order valence-corrected chi connectivity index (χ0v) is 8.05. The summed E-state index contributed by atoms with van der Waals surface area (Å²) in [6.45, 7) is 6.24. The minimum atomic E-state index is -0.141. The van der Waals surface area contributed by atoms with Crippen LogP contribution in [0.2, 0.25) is 0 Å². The van der Waals surface area contributed by atoms with Crippen molar-refractivity contribution in [1.82, 2.24) is 0 Å². The minimum absolute atomic E-state index is 0.109. The summed E-state index contributed by atoms with van der Waals surface area (Å²) in [7, 11) is 0. The van der Waals surface area contributed by atoms with Gasteiger partial charge in [-0.2, -0.15) is 0 Å². The van der Waals surface area contributed by atoms with Gasteiger partial charge in [0.05, 0.1) is 0 Å². The van der Waals surface area contributed by atoms with Crippen LogP contribution in [0.4, 0.5) is 0 Å². The van der Waals surface area contributed by atoms with Crippen LogP contribution in [0, 0.1) is 16.7 Å². The molecule has 12 heavy (non-hydrogen) atoms. The van der Waals surface area contributed by atoms with Crippen molar-refractivity contribution in [2.75, 3.05) is 0 Å². The van der Waals surface area contributed by atoms with Gasteiger partial charge in [0.1, 0.15) is 5.78 Å². The average molecular weight is 164 g/mol. The molecular weight excluding hydrogens is 148 g/mol. The van der Waals surface area contributed by atoms with Crippen LogP contribution < -0.4 is 0 Å². The van der Waals surface area contributed by atoms with Gasteiger partial charge in [0.2, 0.25) is 0 Å². The molecule has 0 N–H and O–H groups in total. The van der Waals surface area contributed by atoms with Gasteiger partial charge in [-0.1, -0.05) is 26.0 Å². The number of hydrogen-bond acceptors (Lipinski definition) is 1. The fourth-order valence-corrected chi connectivity index (χ4v) is 2.66. The SMILES string of the molecule is CC12C=CC(CC1)C(C)(C)C2=O. The third-order valence-electron chi connectivity index (χ3n) is 3.70. The topological polar surface area (TPSA) is 17.1 Å². The van der Waals surface area contributed by atoms with E-state index < -0.39 is 0 Å². The Bertz CT molecular complexity index is 262. The van der Waals surface area contributed by atoms with Crippen molar-refractivity contribution < 1.29 is 4.79 Å². The normalized spacial score (nSPS) is 43.6. The van der Waals surface area contributed by atoms with E-state index in [9.17, 15) is 4.79 Å². The van der Waals surface area contributed by atoms with Gasteiger partial charge in [0.25, 0.3) is 0 Å². The maximum Gasteiger partial charge on any atom is 0.148 e. The lowest BCUT2D eigenvalue weighted by molar-refractivity contribution is -0.141. The molecule has 0 aromatic rings. The highest BCUT2D eigenvalue weighted by Gasteiger charge is 2.51. The number of fused-ring (bicyclic) bond motifs is 2. The Hall–Kier alpha value is -0.590. The van der Waals surface area contributed by atoms with E-state index in [1.54, 1.807) is 0 Å². The summed E-state index contributed by atoms with van der Waals surface area (Å²) in [4.78, 5) is 12.0. The fourth-order valence-electron chi connectivity index (χ4n) is 2.66. The summed E-state index contributed by atoms with van der Waals surface area (Å²) in [5.74, 6) is 0.931. The maximum atomic E-state index is 12.0. The molecule has 1 saturated carbocycles. The molecule has 0 aromatic heterocycles. The first-order valence-corrected chi connectivity index (χ1v) is 4.71. The van der Waals surface area contributed by atoms with Gasteiger partial charge in [-0.05, 0) is 25.7 Å². The second-order valence-electron chi connectivity index (χ2n) is 4.97. The van der Waals surface area contributed by atoms with Gasteiger partial charge in [-0.25, -0.2) is 0 Å². The van der Waals surface area contributed by atoms with Crippen molar-refractivity contribution in [2.24, 2.45) is 16.7 Å². The van der Waals surface area contributed by atoms with Gasteiger partial charge in [0, 0.05) is 10.8 Å². The van der Waals surface area contributed by atoms with Crippen LogP contribution in [0.5, 0.6) is 0 Å². The number of Topliss-reactive ketones (excluding diaryl/α,β-unsaturated/α-hetero) is 1. The second-order valence-corrected chi connectivity index (χ2v) is 4.97. The Morgan fingerprint density at radius 1 is 1.42 bits per heavy atom. The molecule has 2 unspecified atom stereocenters. The molecule has 0 amide bonds. The van der Waals surface area contributed by atoms with Crippen LogP contribution in [0.1, 0.15) is 33.6 Å². The Kier molecular flexibility index (Phi) is 1.35. The molecule has 2 atom stereocenters. The number of allylic oxidation sites excluding steroid dienone is 2. The van der Waals surface area contributed by atoms with Crippen LogP contribution in [0.15, 0.2) is 12.2 Å². The van der Waals surface area contributed by atoms with Crippen molar-refractivity contribution >= 4 is 5.78 Å². The van der Waals surface area contributed by atoms with E-state index in [4.69, 9.17) is 0 Å². The lowest BCUT2D eigenvalue weighted by atomic mass is 9.54. The number of carbonyl (C=O) groups is 1. The van der Waals surface area contributed by atoms with Crippen LogP contribution in [-0.2, 0) is 4.79 Å². The molecule has 0 aromatic carbocycles. The predicted octanol–water partition coefficient (Wildman–Crippen LogP) is 2.57. The van der Waals surface area contributed by atoms with E-state index in [0.29, 0.717) is 11.7 Å². The molecule has 0 aliphatic heterocycles. The average Bonchev–Trinajstić information content (AvgIpc) is 2.01. The summed E-state index contributed by atoms with van der Waals surface area (Å²) >= 11 is 0. The monoisotopic (exact) mass is 164 g/mol. The Morgan fingerprint density at radius 2 is 2.08 bits per heavy atom. The van der Waals surface area contributed by atoms with E-state index in [1.807, 2.05) is 0 Å². The first-order valence-electron chi connectivity index (χ1n) is 4.71. The molecule has 2 bridgehead atoms. The molecule has 3 rings (SSSR count). The molecule has 3 aliphatic carbocycles. The zero-order valence-electron chi connectivity index (χ0n) is 8.05. The second kappa shape index (κ2) is 2.01. The van der Waals surface area contributed by atoms with Crippen molar-refractivity contribution in [3.63, 3.8) is 0 Å². The number of ketones is 1. The Morgan fingerprint density at radius 3 is 2.42 bits per heavy atom. The highest BCUT2D eigenvalue weighted by Crippen LogP contribution is 2.51. The first kappa shape index (κ1) is 8.03. The van der Waals surface area contributed by atoms with Crippen molar-refractivity contribution in [3.05, 3.63) is 12.2 Å². The maximum absolute atomic E-state index is 12.0. The van der Waals surface area contributed by atoms with Gasteiger partial charge in [-0.3, -0.25) is 4.79 Å². The highest BCUT2D eigenvalue weighted by molar-refractivity contribution is 5.93. The first-order chi connectivity index (χ1) is 5.47. The molecule has 66 valence electrons. The lowest BCUT2D eigenvalue weighted by Gasteiger charge is -2.48. The van der Waals surface area contributed by atoms with Crippen molar-refractivity contribution in [1.29, 1.82) is 0 Å². The van der Waals surface area contributed by atoms with Crippen molar-refractivity contribution in [2.45, 2.75) is 33.6 Å². The smallest absolute Gasteiger partial charge is 0.148 e. The van der Waals surface area contributed by atoms with Gasteiger partial charge in [0.15, 0.2) is 0 Å². The Labute approximate surface area is 73.8 Å². The number of carbonyl (C=O) groups excluding carboxylic acids is 1. The van der Waals surface area contributed by atoms with Crippen LogP contribution in [-0.4, -0.2) is 5.78 Å². The predicted molar refractivity (Wildman–Crippen MR) is 48.8 cm³/mol. The van der Waals surface area contributed by atoms with E-state index in [1.165, 1.54) is 6.42 Å². The molecule has 1 fully saturated rings. The fraction of sp³-hybridized carbons (Fsp3) is 0.727. The van der Waals surface area contributed by atoms with Crippen LogP contribution in [0.3, 0.4) is 0 Å². The van der Waals surface area contributed by atoms with E-state index in [2.05, 4.69) is 32.9 Å². The summed E-state index contributed by atoms with van der Waals surface area (Å²) in [6, 6.07) is 0. The molecule has 0 spiro atoms. The van der Waals surface area contributed by atoms with E-state index in [0.717, 1.165) is 6.42 Å². The van der Waals surface area contributed by atoms with Gasteiger partial charge >= 0.3 is 0 Å². The molecule has 1 nitrogen and oxygen atoms in total. The summed E-state index contributed by atoms with van der Waals surface area (Å²) in [6.07, 6.45) is 6.60. The third kappa shape index (κ3) is 0.769. The van der Waals surface area contributed by atoms with Gasteiger partial charge < -0.3 is 0 Å². The largest absolute Gasteiger partial charge is 0.298 e. The van der Waals surface area contributed by atoms with Crippen LogP contribution >= 0.6 is 0 Å². The number of rotatable bonds is 0. The van der Waals surface area contributed by atoms with E-state index >= 15 is 0 Å². The molecule has 1 heteroatoms. The summed E-state index contributed by atoms with van der Waals surface area (Å²) in [5.41, 5.74) is -0.250. The standard InChI is InChI=1S/C11H16O/c1-10(2)8-4-6-11(3,7-5-8)9(10)12/h4,6,8H,5,7H2,1-3H3. The molecule has 0 heterocycles. The quantitative estimate of drug-likeness (QED) is 0.503. The summed E-state index contributed by atoms with van der Waals surface area (Å²) in [5, 5.41) is 0. The Balaban J connectivity index is 2.50. The molecule has 3 aliphatic rings. The third-order valence-corrected chi connectivity index (χ3v) is 3.70. The molecule has 0 saturated heterocycles. The minimum Gasteiger partial charge on any atom is -0.298 e. The summed E-state index contributed by atoms with van der Waals surface area (Å²) < 4.78 is 0. The van der Waals surface area contributed by atoms with Crippen molar-refractivity contribution in [3.8, 4) is 0 Å². The molecule has 0 radical (unpaired) electrons. The zero-order chi connectivity index (χ0) is 8.98. The van der Waals surface area contributed by atoms with E-state index in [-0.39, 0.29) is 10.8 Å². The lowest BCUT2D eigenvalue weighted by Crippen LogP contribution is -2.49. The molecular formula is C11H16O.